The van der Waals surface area contributed by atoms with Crippen molar-refractivity contribution in [3.63, 3.8) is 0 Å². The Balaban J connectivity index is 2.30. The highest BCUT2D eigenvalue weighted by Gasteiger charge is 2.27. The van der Waals surface area contributed by atoms with E-state index in [-0.39, 0.29) is 11.3 Å². The summed E-state index contributed by atoms with van der Waals surface area (Å²) in [5.74, 6) is 0.126. The van der Waals surface area contributed by atoms with Crippen molar-refractivity contribution < 1.29 is 4.79 Å². The molecule has 3 rings (SSSR count). The normalized spacial score (nSPS) is 14.4. The molecule has 2 heteroatoms. The van der Waals surface area contributed by atoms with E-state index in [2.05, 4.69) is 10.2 Å². The minimum atomic E-state index is 0.116. The van der Waals surface area contributed by atoms with Crippen LogP contribution in [-0.2, 0) is 0 Å². The van der Waals surface area contributed by atoms with Crippen LogP contribution in [0.25, 0.3) is 0 Å². The zero-order valence-electron chi connectivity index (χ0n) is 8.60. The molecule has 0 unspecified atom stereocenters. The Labute approximate surface area is 97.5 Å². The molecule has 2 aromatic rings. The average molecular weight is 221 g/mol. The van der Waals surface area contributed by atoms with Gasteiger partial charge in [0.15, 0.2) is 5.78 Å². The summed E-state index contributed by atoms with van der Waals surface area (Å²) >= 11 is 0. The summed E-state index contributed by atoms with van der Waals surface area (Å²) in [5, 5.41) is 0. The highest BCUT2D eigenvalue weighted by molar-refractivity contribution is 6.21. The van der Waals surface area contributed by atoms with Gasteiger partial charge in [0, 0.05) is 21.4 Å². The van der Waals surface area contributed by atoms with Gasteiger partial charge in [-0.3, -0.25) is 4.79 Å². The molecule has 0 amide bonds. The molecule has 75 valence electrons. The van der Waals surface area contributed by atoms with Crippen molar-refractivity contribution in [1.82, 2.24) is 0 Å². The second-order valence-electron chi connectivity index (χ2n) is 3.94. The number of ketones is 1. The molecule has 0 aromatic heterocycles. The quantitative estimate of drug-likeness (QED) is 0.625. The molecule has 0 aliphatic heterocycles. The van der Waals surface area contributed by atoms with E-state index in [0.717, 1.165) is 22.3 Å². The highest BCUT2D eigenvalue weighted by atomic mass is 28.1. The molecule has 1 nitrogen and oxygen atoms in total. The van der Waals surface area contributed by atoms with Gasteiger partial charge in [-0.1, -0.05) is 48.5 Å². The van der Waals surface area contributed by atoms with Gasteiger partial charge in [-0.2, -0.15) is 0 Å². The first-order valence-corrected chi connectivity index (χ1v) is 5.80. The van der Waals surface area contributed by atoms with Crippen molar-refractivity contribution in [2.24, 2.45) is 0 Å². The van der Waals surface area contributed by atoms with E-state index in [1.165, 1.54) is 0 Å². The summed E-state index contributed by atoms with van der Waals surface area (Å²) in [6.45, 7) is 0. The molecule has 0 saturated heterocycles. The summed E-state index contributed by atoms with van der Waals surface area (Å²) in [4.78, 5) is 12.2. The largest absolute Gasteiger partial charge is 0.289 e. The second kappa shape index (κ2) is 3.42. The molecule has 16 heavy (non-hydrogen) atoms. The first-order chi connectivity index (χ1) is 7.79. The van der Waals surface area contributed by atoms with Crippen LogP contribution in [0.1, 0.15) is 32.6 Å². The molecule has 1 aliphatic rings. The van der Waals surface area contributed by atoms with Crippen molar-refractivity contribution in [1.29, 1.82) is 0 Å². The lowest BCUT2D eigenvalue weighted by atomic mass is 9.84. The second-order valence-corrected chi connectivity index (χ2v) is 4.51. The van der Waals surface area contributed by atoms with E-state index >= 15 is 0 Å². The van der Waals surface area contributed by atoms with E-state index in [1.807, 2.05) is 48.5 Å². The molecule has 0 spiro atoms. The predicted octanol–water partition coefficient (Wildman–Crippen LogP) is 2.49. The Bertz CT molecular complexity index is 525. The number of fused-ring (bicyclic) bond motifs is 2. The summed E-state index contributed by atoms with van der Waals surface area (Å²) in [7, 11) is 3.72. The number of rotatable bonds is 0. The van der Waals surface area contributed by atoms with Crippen LogP contribution < -0.4 is 0 Å². The molecule has 0 bridgehead atoms. The topological polar surface area (TPSA) is 17.1 Å². The summed E-state index contributed by atoms with van der Waals surface area (Å²) in [6.07, 6.45) is 0. The van der Waals surface area contributed by atoms with Crippen molar-refractivity contribution >= 4 is 16.0 Å². The van der Waals surface area contributed by atoms with E-state index in [9.17, 15) is 4.79 Å². The van der Waals surface area contributed by atoms with Gasteiger partial charge in [0.05, 0.1) is 0 Å². The van der Waals surface area contributed by atoms with Crippen molar-refractivity contribution in [3.05, 3.63) is 70.8 Å². The maximum absolute atomic E-state index is 12.2. The zero-order chi connectivity index (χ0) is 11.1. The molecular formula is C14H9OSi. The van der Waals surface area contributed by atoms with E-state index < -0.39 is 0 Å². The Morgan fingerprint density at radius 1 is 0.812 bits per heavy atom. The SMILES string of the molecule is O=C1c2ccccc2C([Si])c2ccccc21. The van der Waals surface area contributed by atoms with Crippen LogP contribution in [0.2, 0.25) is 0 Å². The molecule has 1 aliphatic carbocycles. The van der Waals surface area contributed by atoms with Gasteiger partial charge in [-0.15, -0.1) is 0 Å². The number of hydrogen-bond donors (Lipinski definition) is 0. The Morgan fingerprint density at radius 2 is 1.25 bits per heavy atom. The van der Waals surface area contributed by atoms with Crippen LogP contribution in [0, 0.1) is 0 Å². The van der Waals surface area contributed by atoms with Crippen LogP contribution in [0.5, 0.6) is 0 Å². The Morgan fingerprint density at radius 3 is 1.75 bits per heavy atom. The minimum absolute atomic E-state index is 0.116. The zero-order valence-corrected chi connectivity index (χ0v) is 9.60. The molecular weight excluding hydrogens is 212 g/mol. The molecule has 0 N–H and O–H groups in total. The minimum Gasteiger partial charge on any atom is -0.289 e. The van der Waals surface area contributed by atoms with Gasteiger partial charge in [0.1, 0.15) is 0 Å². The third kappa shape index (κ3) is 1.20. The fourth-order valence-electron chi connectivity index (χ4n) is 2.22. The first-order valence-electron chi connectivity index (χ1n) is 5.22. The van der Waals surface area contributed by atoms with Crippen LogP contribution >= 0.6 is 0 Å². The lowest BCUT2D eigenvalue weighted by molar-refractivity contribution is 0.103. The van der Waals surface area contributed by atoms with Gasteiger partial charge in [-0.05, 0) is 16.7 Å². The van der Waals surface area contributed by atoms with Gasteiger partial charge in [0.2, 0.25) is 0 Å². The standard InChI is InChI=1S/C14H9OSi/c15-13-9-5-1-3-7-11(9)14(16)12-8-4-2-6-10(12)13/h1-8,14H. The maximum atomic E-state index is 12.2. The van der Waals surface area contributed by atoms with Crippen LogP contribution in [0.15, 0.2) is 48.5 Å². The fraction of sp³-hybridized carbons (Fsp3) is 0.0714. The third-order valence-corrected chi connectivity index (χ3v) is 3.65. The van der Waals surface area contributed by atoms with Crippen LogP contribution in [0.3, 0.4) is 0 Å². The smallest absolute Gasteiger partial charge is 0.193 e. The lowest BCUT2D eigenvalue weighted by Crippen LogP contribution is -2.19. The monoisotopic (exact) mass is 221 g/mol. The lowest BCUT2D eigenvalue weighted by Gasteiger charge is -2.24. The molecule has 0 saturated carbocycles. The fourth-order valence-corrected chi connectivity index (χ4v) is 2.73. The Hall–Kier alpha value is -1.67. The number of benzene rings is 2. The van der Waals surface area contributed by atoms with Crippen LogP contribution in [0.4, 0.5) is 0 Å². The summed E-state index contributed by atoms with van der Waals surface area (Å²) in [5.41, 5.74) is 3.85. The maximum Gasteiger partial charge on any atom is 0.193 e. The van der Waals surface area contributed by atoms with Crippen molar-refractivity contribution in [2.45, 2.75) is 5.54 Å². The first kappa shape index (κ1) is 9.55. The molecule has 0 heterocycles. The molecule has 0 atom stereocenters. The van der Waals surface area contributed by atoms with Gasteiger partial charge in [0.25, 0.3) is 0 Å². The summed E-state index contributed by atoms with van der Waals surface area (Å²) < 4.78 is 0. The Kier molecular flexibility index (Phi) is 2.04. The van der Waals surface area contributed by atoms with E-state index in [0.29, 0.717) is 0 Å². The number of carbonyl (C=O) groups excluding carboxylic acids is 1. The van der Waals surface area contributed by atoms with Gasteiger partial charge < -0.3 is 0 Å². The summed E-state index contributed by atoms with van der Waals surface area (Å²) in [6, 6.07) is 15.5. The van der Waals surface area contributed by atoms with E-state index in [1.54, 1.807) is 0 Å². The predicted molar refractivity (Wildman–Crippen MR) is 63.9 cm³/mol. The van der Waals surface area contributed by atoms with E-state index in [4.69, 9.17) is 0 Å². The molecule has 3 radical (unpaired) electrons. The molecule has 0 fully saturated rings. The third-order valence-electron chi connectivity index (χ3n) is 3.03. The highest BCUT2D eigenvalue weighted by Crippen LogP contribution is 2.33. The van der Waals surface area contributed by atoms with Crippen LogP contribution in [-0.4, -0.2) is 16.0 Å². The molecule has 2 aromatic carbocycles. The van der Waals surface area contributed by atoms with Gasteiger partial charge >= 0.3 is 0 Å². The average Bonchev–Trinajstić information content (AvgIpc) is 2.36. The number of carbonyl (C=O) groups is 1. The van der Waals surface area contributed by atoms with Gasteiger partial charge in [-0.25, -0.2) is 0 Å². The van der Waals surface area contributed by atoms with Crippen molar-refractivity contribution in [3.8, 4) is 0 Å². The number of hydrogen-bond acceptors (Lipinski definition) is 1. The van der Waals surface area contributed by atoms with Crippen molar-refractivity contribution in [2.75, 3.05) is 0 Å².